The number of allylic oxidation sites excluding steroid dienone is 1. The van der Waals surface area contributed by atoms with Crippen molar-refractivity contribution in [3.05, 3.63) is 78.6 Å². The van der Waals surface area contributed by atoms with E-state index in [1.165, 1.54) is 60.9 Å². The van der Waals surface area contributed by atoms with E-state index in [2.05, 4.69) is 96.3 Å². The molecule has 2 saturated heterocycles. The topological polar surface area (TPSA) is 112 Å². The van der Waals surface area contributed by atoms with Crippen molar-refractivity contribution in [1.82, 2.24) is 10.2 Å². The molecule has 9 heteroatoms. The van der Waals surface area contributed by atoms with Gasteiger partial charge in [-0.2, -0.15) is 0 Å². The number of likely N-dealkylation sites (tertiary alicyclic amines) is 1. The number of rotatable bonds is 13. The van der Waals surface area contributed by atoms with E-state index in [9.17, 15) is 4.79 Å². The van der Waals surface area contributed by atoms with Crippen molar-refractivity contribution in [3.8, 4) is 5.75 Å². The minimum absolute atomic E-state index is 0.373. The summed E-state index contributed by atoms with van der Waals surface area (Å²) >= 11 is 0. The number of methoxy groups -OCH3 is 1. The highest BCUT2D eigenvalue weighted by Gasteiger charge is 2.25. The number of anilines is 2. The number of nitrogens with two attached hydrogens (primary N) is 2. The van der Waals surface area contributed by atoms with Crippen molar-refractivity contribution in [2.75, 3.05) is 70.3 Å². The van der Waals surface area contributed by atoms with Gasteiger partial charge in [-0.15, -0.1) is 13.2 Å². The standard InChI is InChI=1S/C30H44N6O.C4H9NO.C4H10.C2H4/c1-23-18-28(6-9-30(23)34(2)21-24-4-7-29(37-3)8-5-24)36-16-10-25(11-17-36)22-35-14-12-27(13-15-35)33-20-26(32)19-31;1-5-3-2-4-6;1-3-4-2;1-2/h4-9,18-20,25,27H,10-17,21-22,31-32H2,1-3H3;4-5H,2-3H2,1H3;3-4H2,1-2H3;1-2H2/b26-19+,33-20?;;;. The predicted molar refractivity (Wildman–Crippen MR) is 212 cm³/mol. The average Bonchev–Trinajstić information content (AvgIpc) is 3.15. The van der Waals surface area contributed by atoms with Gasteiger partial charge in [-0.1, -0.05) is 38.8 Å². The molecule has 0 spiro atoms. The van der Waals surface area contributed by atoms with Gasteiger partial charge in [0.25, 0.3) is 0 Å². The van der Waals surface area contributed by atoms with E-state index in [1.807, 2.05) is 19.2 Å². The highest BCUT2D eigenvalue weighted by Crippen LogP contribution is 2.30. The van der Waals surface area contributed by atoms with Crippen LogP contribution in [-0.4, -0.2) is 83.9 Å². The normalized spacial score (nSPS) is 15.6. The van der Waals surface area contributed by atoms with Crippen molar-refractivity contribution in [1.29, 1.82) is 0 Å². The van der Waals surface area contributed by atoms with Gasteiger partial charge in [-0.3, -0.25) is 4.99 Å². The van der Waals surface area contributed by atoms with E-state index in [4.69, 9.17) is 16.2 Å². The third-order valence-corrected chi connectivity index (χ3v) is 8.86. The molecule has 0 unspecified atom stereocenters. The number of nitrogens with one attached hydrogen (secondary N) is 1. The van der Waals surface area contributed by atoms with E-state index in [1.54, 1.807) is 13.3 Å². The fourth-order valence-electron chi connectivity index (χ4n) is 5.78. The zero-order valence-corrected chi connectivity index (χ0v) is 31.5. The van der Waals surface area contributed by atoms with Crippen LogP contribution in [0.5, 0.6) is 5.75 Å². The van der Waals surface area contributed by atoms with Gasteiger partial charge >= 0.3 is 0 Å². The summed E-state index contributed by atoms with van der Waals surface area (Å²) in [7, 11) is 5.69. The van der Waals surface area contributed by atoms with Crippen LogP contribution in [0.4, 0.5) is 11.4 Å². The molecule has 2 fully saturated rings. The van der Waals surface area contributed by atoms with Crippen LogP contribution in [0.3, 0.4) is 0 Å². The summed E-state index contributed by atoms with van der Waals surface area (Å²) in [4.78, 5) is 21.6. The van der Waals surface area contributed by atoms with Crippen LogP contribution in [0, 0.1) is 12.8 Å². The first-order chi connectivity index (χ1) is 23.8. The fraction of sp³-hybridized carbons (Fsp3) is 0.550. The van der Waals surface area contributed by atoms with E-state index < -0.39 is 0 Å². The molecule has 0 bridgehead atoms. The number of hydrogen-bond acceptors (Lipinski definition) is 9. The van der Waals surface area contributed by atoms with E-state index in [0.29, 0.717) is 18.2 Å². The quantitative estimate of drug-likeness (QED) is 0.0947. The summed E-state index contributed by atoms with van der Waals surface area (Å²) in [5.41, 5.74) is 16.9. The van der Waals surface area contributed by atoms with Gasteiger partial charge in [0.15, 0.2) is 0 Å². The molecule has 9 nitrogen and oxygen atoms in total. The van der Waals surface area contributed by atoms with E-state index in [0.717, 1.165) is 70.1 Å². The Balaban J connectivity index is 0.000000867. The second kappa shape index (κ2) is 26.1. The van der Waals surface area contributed by atoms with Crippen molar-refractivity contribution >= 4 is 23.9 Å². The second-order valence-electron chi connectivity index (χ2n) is 12.6. The molecule has 2 aromatic carbocycles. The lowest BCUT2D eigenvalue weighted by molar-refractivity contribution is -0.107. The zero-order chi connectivity index (χ0) is 36.4. The smallest absolute Gasteiger partial charge is 0.121 e. The minimum Gasteiger partial charge on any atom is -0.497 e. The van der Waals surface area contributed by atoms with Crippen molar-refractivity contribution in [3.63, 3.8) is 0 Å². The van der Waals surface area contributed by atoms with Gasteiger partial charge in [-0.25, -0.2) is 0 Å². The summed E-state index contributed by atoms with van der Waals surface area (Å²) in [6.07, 6.45) is 12.0. The SMILES string of the molecule is C=C.CCCC.CNCCC=O.COc1ccc(CN(C)c2ccc(N3CCC(CN4CCC(N=C/C(N)=C\N)CC4)CC3)cc2C)cc1. The molecule has 0 aromatic heterocycles. The second-order valence-corrected chi connectivity index (χ2v) is 12.6. The van der Waals surface area contributed by atoms with Gasteiger partial charge in [-0.05, 0) is 87.0 Å². The average molecular weight is 678 g/mol. The Morgan fingerprint density at radius 1 is 1.04 bits per heavy atom. The Labute approximate surface area is 298 Å². The minimum atomic E-state index is 0.373. The Bertz CT molecular complexity index is 1200. The molecule has 4 rings (SSSR count). The molecule has 49 heavy (non-hydrogen) atoms. The maximum Gasteiger partial charge on any atom is 0.121 e. The number of aliphatic imine (C=N–C) groups is 1. The van der Waals surface area contributed by atoms with Gasteiger partial charge in [0.1, 0.15) is 12.0 Å². The molecule has 2 heterocycles. The molecule has 274 valence electrons. The number of aryl methyl sites for hydroxylation is 1. The Hall–Kier alpha value is -3.82. The maximum atomic E-state index is 9.52. The molecule has 0 amide bonds. The van der Waals surface area contributed by atoms with E-state index >= 15 is 0 Å². The molecule has 0 atom stereocenters. The largest absolute Gasteiger partial charge is 0.497 e. The first kappa shape index (κ1) is 43.2. The number of piperidine rings is 2. The Kier molecular flexibility index (Phi) is 23.0. The van der Waals surface area contributed by atoms with Crippen LogP contribution < -0.4 is 31.3 Å². The fourth-order valence-corrected chi connectivity index (χ4v) is 5.78. The summed E-state index contributed by atoms with van der Waals surface area (Å²) in [5, 5.41) is 2.84. The molecule has 2 aliphatic rings. The summed E-state index contributed by atoms with van der Waals surface area (Å²) in [6.45, 7) is 20.0. The van der Waals surface area contributed by atoms with Crippen LogP contribution in [0.2, 0.25) is 0 Å². The lowest BCUT2D eigenvalue weighted by atomic mass is 9.94. The number of benzene rings is 2. The van der Waals surface area contributed by atoms with Crippen LogP contribution in [0.15, 0.2) is 72.5 Å². The van der Waals surface area contributed by atoms with Crippen LogP contribution >= 0.6 is 0 Å². The Morgan fingerprint density at radius 3 is 2.16 bits per heavy atom. The van der Waals surface area contributed by atoms with Crippen LogP contribution in [-0.2, 0) is 11.3 Å². The number of carbonyl (C=O) groups is 1. The molecule has 5 N–H and O–H groups in total. The Morgan fingerprint density at radius 2 is 1.67 bits per heavy atom. The lowest BCUT2D eigenvalue weighted by Crippen LogP contribution is -2.42. The first-order valence-corrected chi connectivity index (χ1v) is 18.0. The predicted octanol–water partition coefficient (Wildman–Crippen LogP) is 6.55. The number of carbonyl (C=O) groups excluding carboxylic acids is 1. The van der Waals surface area contributed by atoms with E-state index in [-0.39, 0.29) is 0 Å². The highest BCUT2D eigenvalue weighted by atomic mass is 16.5. The first-order valence-electron chi connectivity index (χ1n) is 18.0. The molecule has 2 aromatic rings. The lowest BCUT2D eigenvalue weighted by Gasteiger charge is -2.38. The molecular formula is C40H67N7O2. The molecule has 0 radical (unpaired) electrons. The zero-order valence-electron chi connectivity index (χ0n) is 31.5. The number of aldehydes is 1. The van der Waals surface area contributed by atoms with Crippen molar-refractivity contribution < 1.29 is 9.53 Å². The summed E-state index contributed by atoms with van der Waals surface area (Å²) in [6, 6.07) is 15.6. The van der Waals surface area contributed by atoms with Crippen LogP contribution in [0.1, 0.15) is 69.9 Å². The summed E-state index contributed by atoms with van der Waals surface area (Å²) in [5.74, 6) is 1.68. The van der Waals surface area contributed by atoms with Gasteiger partial charge < -0.3 is 41.0 Å². The van der Waals surface area contributed by atoms with Gasteiger partial charge in [0.05, 0.1) is 18.8 Å². The van der Waals surface area contributed by atoms with Crippen LogP contribution in [0.25, 0.3) is 0 Å². The third-order valence-electron chi connectivity index (χ3n) is 8.86. The molecular weight excluding hydrogens is 610 g/mol. The number of hydrogen-bond donors (Lipinski definition) is 3. The molecule has 2 aliphatic heterocycles. The van der Waals surface area contributed by atoms with Crippen molar-refractivity contribution in [2.45, 2.75) is 78.3 Å². The maximum absolute atomic E-state index is 9.52. The molecule has 0 aliphatic carbocycles. The monoisotopic (exact) mass is 678 g/mol. The molecule has 0 saturated carbocycles. The van der Waals surface area contributed by atoms with Gasteiger partial charge in [0, 0.05) is 83.1 Å². The number of ether oxygens (including phenoxy) is 1. The van der Waals surface area contributed by atoms with Crippen molar-refractivity contribution in [2.24, 2.45) is 22.4 Å². The summed E-state index contributed by atoms with van der Waals surface area (Å²) < 4.78 is 5.28. The highest BCUT2D eigenvalue weighted by molar-refractivity contribution is 5.77. The number of unbranched alkanes of at least 4 members (excludes halogenated alkanes) is 1. The number of nitrogens with zero attached hydrogens (tertiary/aromatic N) is 4. The van der Waals surface area contributed by atoms with Gasteiger partial charge in [0.2, 0.25) is 0 Å². The third kappa shape index (κ3) is 16.9.